The van der Waals surface area contributed by atoms with Crippen LogP contribution in [-0.4, -0.2) is 62.6 Å². The minimum atomic E-state index is 0. The Balaban J connectivity index is 0.00000220. The van der Waals surface area contributed by atoms with E-state index in [1.807, 2.05) is 23.1 Å². The minimum absolute atomic E-state index is 0. The number of para-hydroxylation sites is 1. The highest BCUT2D eigenvalue weighted by Gasteiger charge is 2.21. The fraction of sp³-hybridized carbons (Fsp3) is 0.533. The van der Waals surface area contributed by atoms with Gasteiger partial charge in [0.25, 0.3) is 0 Å². The maximum atomic E-state index is 11.8. The second kappa shape index (κ2) is 8.87. The molecule has 0 bridgehead atoms. The van der Waals surface area contributed by atoms with E-state index in [2.05, 4.69) is 16.3 Å². The molecule has 0 saturated carbocycles. The van der Waals surface area contributed by atoms with E-state index in [4.69, 9.17) is 4.74 Å². The second-order valence-electron chi connectivity index (χ2n) is 5.00. The third-order valence-corrected chi connectivity index (χ3v) is 3.64. The van der Waals surface area contributed by atoms with E-state index in [9.17, 15) is 4.79 Å². The molecule has 1 heterocycles. The number of benzene rings is 1. The van der Waals surface area contributed by atoms with E-state index < -0.39 is 0 Å². The number of nitrogens with one attached hydrogen (secondary N) is 1. The van der Waals surface area contributed by atoms with Crippen LogP contribution >= 0.6 is 12.4 Å². The van der Waals surface area contributed by atoms with Gasteiger partial charge in [-0.15, -0.1) is 12.4 Å². The Morgan fingerprint density at radius 1 is 1.24 bits per heavy atom. The Bertz CT molecular complexity index is 448. The largest absolute Gasteiger partial charge is 0.496 e. The Morgan fingerprint density at radius 3 is 2.52 bits per heavy atom. The molecule has 6 heteroatoms. The minimum Gasteiger partial charge on any atom is -0.496 e. The van der Waals surface area contributed by atoms with E-state index in [1.165, 1.54) is 5.56 Å². The van der Waals surface area contributed by atoms with E-state index in [0.717, 1.165) is 38.5 Å². The molecule has 21 heavy (non-hydrogen) atoms. The van der Waals surface area contributed by atoms with Gasteiger partial charge in [-0.1, -0.05) is 18.2 Å². The van der Waals surface area contributed by atoms with Gasteiger partial charge in [-0.3, -0.25) is 9.69 Å². The van der Waals surface area contributed by atoms with Crippen LogP contribution < -0.4 is 10.1 Å². The number of nitrogens with zero attached hydrogens (tertiary/aromatic N) is 2. The number of rotatable bonds is 5. The molecule has 0 unspecified atom stereocenters. The SMILES string of the molecule is CNCC(=O)N1CCN(Cc2ccccc2OC)CC1.Cl. The molecule has 0 spiro atoms. The molecular formula is C15H24ClN3O2. The second-order valence-corrected chi connectivity index (χ2v) is 5.00. The molecule has 1 amide bonds. The molecular weight excluding hydrogens is 290 g/mol. The van der Waals surface area contributed by atoms with Crippen LogP contribution in [0.3, 0.4) is 0 Å². The van der Waals surface area contributed by atoms with Gasteiger partial charge < -0.3 is 15.0 Å². The number of amides is 1. The van der Waals surface area contributed by atoms with Crippen molar-refractivity contribution in [2.45, 2.75) is 6.54 Å². The first kappa shape index (κ1) is 17.8. The number of hydrogen-bond donors (Lipinski definition) is 1. The number of carbonyl (C=O) groups excluding carboxylic acids is 1. The molecule has 1 N–H and O–H groups in total. The lowest BCUT2D eigenvalue weighted by molar-refractivity contribution is -0.131. The third kappa shape index (κ3) is 4.88. The van der Waals surface area contributed by atoms with Crippen LogP contribution in [0.5, 0.6) is 5.75 Å². The number of halogens is 1. The molecule has 5 nitrogen and oxygen atoms in total. The monoisotopic (exact) mass is 313 g/mol. The maximum Gasteiger partial charge on any atom is 0.236 e. The van der Waals surface area contributed by atoms with Crippen molar-refractivity contribution in [2.75, 3.05) is 46.9 Å². The lowest BCUT2D eigenvalue weighted by Crippen LogP contribution is -2.50. The van der Waals surface area contributed by atoms with Crippen LogP contribution in [0.2, 0.25) is 0 Å². The summed E-state index contributed by atoms with van der Waals surface area (Å²) in [6.07, 6.45) is 0. The summed E-state index contributed by atoms with van der Waals surface area (Å²) in [5.41, 5.74) is 1.20. The van der Waals surface area contributed by atoms with E-state index in [-0.39, 0.29) is 18.3 Å². The molecule has 1 saturated heterocycles. The van der Waals surface area contributed by atoms with Gasteiger partial charge in [-0.2, -0.15) is 0 Å². The summed E-state index contributed by atoms with van der Waals surface area (Å²) in [6, 6.07) is 8.10. The van der Waals surface area contributed by atoms with Gasteiger partial charge in [0.1, 0.15) is 5.75 Å². The van der Waals surface area contributed by atoms with Crippen molar-refractivity contribution >= 4 is 18.3 Å². The normalized spacial score (nSPS) is 15.4. The summed E-state index contributed by atoms with van der Waals surface area (Å²) >= 11 is 0. The molecule has 1 aromatic rings. The highest BCUT2D eigenvalue weighted by atomic mass is 35.5. The van der Waals surface area contributed by atoms with Gasteiger partial charge >= 0.3 is 0 Å². The van der Waals surface area contributed by atoms with Crippen LogP contribution in [0.15, 0.2) is 24.3 Å². The smallest absolute Gasteiger partial charge is 0.236 e. The summed E-state index contributed by atoms with van der Waals surface area (Å²) < 4.78 is 5.38. The van der Waals surface area contributed by atoms with E-state index in [1.54, 1.807) is 14.2 Å². The molecule has 1 aliphatic heterocycles. The number of methoxy groups -OCH3 is 1. The number of piperazine rings is 1. The molecule has 1 aliphatic rings. The van der Waals surface area contributed by atoms with Crippen molar-refractivity contribution in [3.8, 4) is 5.75 Å². The molecule has 0 aromatic heterocycles. The van der Waals surface area contributed by atoms with Crippen molar-refractivity contribution in [1.82, 2.24) is 15.1 Å². The number of hydrogen-bond acceptors (Lipinski definition) is 4. The maximum absolute atomic E-state index is 11.8. The standard InChI is InChI=1S/C15H23N3O2.ClH/c1-16-11-15(19)18-9-7-17(8-10-18)12-13-5-3-4-6-14(13)20-2;/h3-6,16H,7-12H2,1-2H3;1H. The molecule has 0 aliphatic carbocycles. The number of ether oxygens (including phenoxy) is 1. The molecule has 0 atom stereocenters. The van der Waals surface area contributed by atoms with E-state index in [0.29, 0.717) is 6.54 Å². The lowest BCUT2D eigenvalue weighted by atomic mass is 10.1. The molecule has 1 fully saturated rings. The fourth-order valence-electron chi connectivity index (χ4n) is 2.49. The highest BCUT2D eigenvalue weighted by Crippen LogP contribution is 2.19. The summed E-state index contributed by atoms with van der Waals surface area (Å²) in [7, 11) is 3.50. The Morgan fingerprint density at radius 2 is 1.90 bits per heavy atom. The number of carbonyl (C=O) groups is 1. The van der Waals surface area contributed by atoms with Gasteiger partial charge in [0.2, 0.25) is 5.91 Å². The average Bonchev–Trinajstić information content (AvgIpc) is 2.49. The molecule has 0 radical (unpaired) electrons. The topological polar surface area (TPSA) is 44.8 Å². The molecule has 118 valence electrons. The van der Waals surface area contributed by atoms with Crippen LogP contribution in [0.4, 0.5) is 0 Å². The van der Waals surface area contributed by atoms with Crippen molar-refractivity contribution in [2.24, 2.45) is 0 Å². The van der Waals surface area contributed by atoms with Crippen molar-refractivity contribution < 1.29 is 9.53 Å². The van der Waals surface area contributed by atoms with Gasteiger partial charge in [0, 0.05) is 38.3 Å². The summed E-state index contributed by atoms with van der Waals surface area (Å²) in [5.74, 6) is 1.12. The first-order chi connectivity index (χ1) is 9.74. The van der Waals surface area contributed by atoms with Gasteiger partial charge in [-0.05, 0) is 13.1 Å². The van der Waals surface area contributed by atoms with Crippen LogP contribution in [0.1, 0.15) is 5.56 Å². The average molecular weight is 314 g/mol. The zero-order valence-corrected chi connectivity index (χ0v) is 13.5. The quantitative estimate of drug-likeness (QED) is 0.880. The Hall–Kier alpha value is -1.30. The van der Waals surface area contributed by atoms with E-state index >= 15 is 0 Å². The van der Waals surface area contributed by atoms with Gasteiger partial charge in [0.05, 0.1) is 13.7 Å². The highest BCUT2D eigenvalue weighted by molar-refractivity contribution is 5.85. The predicted octanol–water partition coefficient (Wildman–Crippen LogP) is 0.981. The Labute approximate surface area is 132 Å². The summed E-state index contributed by atoms with van der Waals surface area (Å²) in [4.78, 5) is 16.1. The lowest BCUT2D eigenvalue weighted by Gasteiger charge is -2.35. The number of likely N-dealkylation sites (N-methyl/N-ethyl adjacent to an activating group) is 1. The van der Waals surface area contributed by atoms with Crippen molar-refractivity contribution in [3.63, 3.8) is 0 Å². The summed E-state index contributed by atoms with van der Waals surface area (Å²) in [6.45, 7) is 4.72. The first-order valence-corrected chi connectivity index (χ1v) is 7.01. The van der Waals surface area contributed by atoms with Crippen LogP contribution in [0.25, 0.3) is 0 Å². The first-order valence-electron chi connectivity index (χ1n) is 7.01. The van der Waals surface area contributed by atoms with Crippen molar-refractivity contribution in [1.29, 1.82) is 0 Å². The van der Waals surface area contributed by atoms with Crippen LogP contribution in [0, 0.1) is 0 Å². The molecule has 1 aromatic carbocycles. The third-order valence-electron chi connectivity index (χ3n) is 3.64. The molecule has 2 rings (SSSR count). The zero-order chi connectivity index (χ0) is 14.4. The van der Waals surface area contributed by atoms with Gasteiger partial charge in [-0.25, -0.2) is 0 Å². The summed E-state index contributed by atoms with van der Waals surface area (Å²) in [5, 5.41) is 2.91. The predicted molar refractivity (Wildman–Crippen MR) is 86.0 cm³/mol. The van der Waals surface area contributed by atoms with Gasteiger partial charge in [0.15, 0.2) is 0 Å². The fourth-order valence-corrected chi connectivity index (χ4v) is 2.49. The van der Waals surface area contributed by atoms with Crippen molar-refractivity contribution in [3.05, 3.63) is 29.8 Å². The Kier molecular flexibility index (Phi) is 7.50. The zero-order valence-electron chi connectivity index (χ0n) is 12.7. The van der Waals surface area contributed by atoms with Crippen LogP contribution in [-0.2, 0) is 11.3 Å².